The van der Waals surface area contributed by atoms with Crippen molar-refractivity contribution in [2.45, 2.75) is 207 Å². The molecule has 6 heteroatoms. The molecule has 6 nitrogen and oxygen atoms in total. The number of rotatable bonds is 44. The smallest absolute Gasteiger partial charge is 0.306 e. The Balaban J connectivity index is 4.33. The van der Waals surface area contributed by atoms with Gasteiger partial charge in [0.15, 0.2) is 6.10 Å². The molecule has 0 aromatic rings. The molecule has 0 aliphatic carbocycles. The molecule has 1 atom stereocenters. The average Bonchev–Trinajstić information content (AvgIpc) is 3.30. The van der Waals surface area contributed by atoms with Crippen LogP contribution in [0.25, 0.3) is 0 Å². The van der Waals surface area contributed by atoms with Crippen molar-refractivity contribution in [3.05, 3.63) is 134 Å². The first-order valence-corrected chi connectivity index (χ1v) is 25.7. The molecule has 0 aliphatic heterocycles. The highest BCUT2D eigenvalue weighted by Crippen LogP contribution is 2.12. The fourth-order valence-corrected chi connectivity index (χ4v) is 6.36. The average molecular weight is 897 g/mol. The van der Waals surface area contributed by atoms with E-state index in [9.17, 15) is 14.4 Å². The Hall–Kier alpha value is -4.45. The van der Waals surface area contributed by atoms with Crippen molar-refractivity contribution in [2.24, 2.45) is 0 Å². The van der Waals surface area contributed by atoms with Gasteiger partial charge >= 0.3 is 17.9 Å². The van der Waals surface area contributed by atoms with Crippen LogP contribution in [0, 0.1) is 0 Å². The highest BCUT2D eigenvalue weighted by atomic mass is 16.6. The number of carbonyl (C=O) groups is 3. The molecule has 0 heterocycles. The number of esters is 3. The standard InChI is InChI=1S/C59H92O6/c1-4-7-10-13-15-17-19-21-23-25-27-28-29-30-32-33-35-37-39-41-43-46-49-52-58(61)64-55-56(54-63-57(60)51-48-45-12-9-6-3)65-59(62)53-50-47-44-42-40-38-36-34-31-26-24-22-20-18-16-14-11-8-5-2/h7-8,10-11,15-18,21-24,27-28,30-32,34-35,37,41,43,56H,4-6,9,12-14,19-20,25-26,29,33,36,38-40,42,44-55H2,1-3H3/b10-7-,11-8-,17-15-,18-16-,23-21-,24-22-,28-27-,32-30-,34-31-,37-35-,43-41-. The van der Waals surface area contributed by atoms with E-state index in [1.807, 2.05) is 0 Å². The Kier molecular flexibility index (Phi) is 48.6. The van der Waals surface area contributed by atoms with Crippen LogP contribution in [0.2, 0.25) is 0 Å². The van der Waals surface area contributed by atoms with E-state index >= 15 is 0 Å². The van der Waals surface area contributed by atoms with E-state index < -0.39 is 6.10 Å². The third kappa shape index (κ3) is 50.4. The van der Waals surface area contributed by atoms with Gasteiger partial charge in [0.25, 0.3) is 0 Å². The number of unbranched alkanes of at least 4 members (excludes halogenated alkanes) is 11. The molecule has 364 valence electrons. The van der Waals surface area contributed by atoms with Gasteiger partial charge in [0.2, 0.25) is 0 Å². The predicted octanol–water partition coefficient (Wildman–Crippen LogP) is 17.1. The second-order valence-corrected chi connectivity index (χ2v) is 16.3. The Morgan fingerprint density at radius 2 is 0.615 bits per heavy atom. The van der Waals surface area contributed by atoms with Gasteiger partial charge in [-0.3, -0.25) is 14.4 Å². The summed E-state index contributed by atoms with van der Waals surface area (Å²) in [6.45, 7) is 6.24. The van der Waals surface area contributed by atoms with Gasteiger partial charge in [0, 0.05) is 19.3 Å². The fraction of sp³-hybridized carbons (Fsp3) is 0.576. The van der Waals surface area contributed by atoms with Gasteiger partial charge in [-0.1, -0.05) is 206 Å². The monoisotopic (exact) mass is 897 g/mol. The summed E-state index contributed by atoms with van der Waals surface area (Å²) in [7, 11) is 0. The Morgan fingerprint density at radius 1 is 0.323 bits per heavy atom. The van der Waals surface area contributed by atoms with Crippen molar-refractivity contribution >= 4 is 17.9 Å². The lowest BCUT2D eigenvalue weighted by atomic mass is 10.1. The molecule has 0 aromatic carbocycles. The van der Waals surface area contributed by atoms with Gasteiger partial charge < -0.3 is 14.2 Å². The molecule has 1 unspecified atom stereocenters. The maximum absolute atomic E-state index is 12.7. The van der Waals surface area contributed by atoms with Crippen molar-refractivity contribution in [3.63, 3.8) is 0 Å². The van der Waals surface area contributed by atoms with E-state index in [0.717, 1.165) is 141 Å². The minimum Gasteiger partial charge on any atom is -0.462 e. The summed E-state index contributed by atoms with van der Waals surface area (Å²) in [5.74, 6) is -1.01. The van der Waals surface area contributed by atoms with Crippen LogP contribution in [0.3, 0.4) is 0 Å². The zero-order valence-electron chi connectivity index (χ0n) is 41.4. The lowest BCUT2D eigenvalue weighted by Gasteiger charge is -2.18. The normalized spacial score (nSPS) is 13.2. The lowest BCUT2D eigenvalue weighted by molar-refractivity contribution is -0.167. The molecule has 0 amide bonds. The highest BCUT2D eigenvalue weighted by molar-refractivity contribution is 5.71. The molecule has 0 aliphatic rings. The van der Waals surface area contributed by atoms with Gasteiger partial charge in [-0.25, -0.2) is 0 Å². The number of carbonyl (C=O) groups excluding carboxylic acids is 3. The van der Waals surface area contributed by atoms with E-state index in [0.29, 0.717) is 19.3 Å². The van der Waals surface area contributed by atoms with Gasteiger partial charge in [-0.15, -0.1) is 0 Å². The molecule has 0 radical (unpaired) electrons. The first kappa shape index (κ1) is 60.5. The van der Waals surface area contributed by atoms with Crippen LogP contribution in [0.4, 0.5) is 0 Å². The Bertz CT molecular complexity index is 1450. The molecule has 0 spiro atoms. The van der Waals surface area contributed by atoms with Crippen LogP contribution >= 0.6 is 0 Å². The topological polar surface area (TPSA) is 78.9 Å². The summed E-state index contributed by atoms with van der Waals surface area (Å²) in [5.41, 5.74) is 0. The first-order chi connectivity index (χ1) is 32.0. The highest BCUT2D eigenvalue weighted by Gasteiger charge is 2.19. The molecular weight excluding hydrogens is 805 g/mol. The first-order valence-electron chi connectivity index (χ1n) is 25.7. The molecular formula is C59H92O6. The molecule has 0 aromatic heterocycles. The minimum atomic E-state index is -0.810. The van der Waals surface area contributed by atoms with Crippen molar-refractivity contribution in [1.29, 1.82) is 0 Å². The van der Waals surface area contributed by atoms with Gasteiger partial charge in [-0.05, 0) is 109 Å². The maximum Gasteiger partial charge on any atom is 0.306 e. The summed E-state index contributed by atoms with van der Waals surface area (Å²) >= 11 is 0. The van der Waals surface area contributed by atoms with E-state index in [1.54, 1.807) is 0 Å². The Labute approximate surface area is 398 Å². The lowest BCUT2D eigenvalue weighted by Crippen LogP contribution is -2.30. The zero-order valence-corrected chi connectivity index (χ0v) is 41.4. The summed E-state index contributed by atoms with van der Waals surface area (Å²) in [5, 5.41) is 0. The number of allylic oxidation sites excluding steroid dienone is 22. The van der Waals surface area contributed by atoms with Crippen molar-refractivity contribution in [1.82, 2.24) is 0 Å². The fourth-order valence-electron chi connectivity index (χ4n) is 6.36. The second-order valence-electron chi connectivity index (χ2n) is 16.3. The molecule has 0 saturated heterocycles. The van der Waals surface area contributed by atoms with E-state index in [2.05, 4.69) is 154 Å². The van der Waals surface area contributed by atoms with Crippen LogP contribution in [0.15, 0.2) is 134 Å². The molecule has 0 rings (SSSR count). The largest absolute Gasteiger partial charge is 0.462 e. The van der Waals surface area contributed by atoms with Crippen molar-refractivity contribution < 1.29 is 28.6 Å². The third-order valence-corrected chi connectivity index (χ3v) is 10.2. The van der Waals surface area contributed by atoms with Crippen LogP contribution < -0.4 is 0 Å². The Morgan fingerprint density at radius 3 is 1.00 bits per heavy atom. The molecule has 0 bridgehead atoms. The van der Waals surface area contributed by atoms with E-state index in [4.69, 9.17) is 14.2 Å². The number of hydrogen-bond acceptors (Lipinski definition) is 6. The molecule has 65 heavy (non-hydrogen) atoms. The molecule has 0 N–H and O–H groups in total. The summed E-state index contributed by atoms with van der Waals surface area (Å²) in [4.78, 5) is 37.7. The van der Waals surface area contributed by atoms with E-state index in [1.165, 1.54) is 12.8 Å². The summed E-state index contributed by atoms with van der Waals surface area (Å²) in [6, 6.07) is 0. The molecule has 0 saturated carbocycles. The van der Waals surface area contributed by atoms with Gasteiger partial charge in [-0.2, -0.15) is 0 Å². The number of ether oxygens (including phenoxy) is 3. The summed E-state index contributed by atoms with van der Waals surface area (Å²) < 4.78 is 16.6. The van der Waals surface area contributed by atoms with Crippen LogP contribution in [-0.2, 0) is 28.6 Å². The van der Waals surface area contributed by atoms with E-state index in [-0.39, 0.29) is 37.5 Å². The molecule has 0 fully saturated rings. The maximum atomic E-state index is 12.7. The van der Waals surface area contributed by atoms with Gasteiger partial charge in [0.1, 0.15) is 13.2 Å². The minimum absolute atomic E-state index is 0.108. The third-order valence-electron chi connectivity index (χ3n) is 10.2. The zero-order chi connectivity index (χ0) is 47.2. The quantitative estimate of drug-likeness (QED) is 0.0262. The van der Waals surface area contributed by atoms with Crippen molar-refractivity contribution in [3.8, 4) is 0 Å². The van der Waals surface area contributed by atoms with Crippen LogP contribution in [0.1, 0.15) is 201 Å². The summed E-state index contributed by atoms with van der Waals surface area (Å²) in [6.07, 6.45) is 73.3. The SMILES string of the molecule is CC/C=C\C/C=C\C/C=C\C/C=C\C/C=C\C/C=C\C/C=C\CCCC(=O)OCC(COC(=O)CCCCCCC)OC(=O)CCCCCCCC/C=C\C/C=C\C/C=C\C/C=C\CC. The van der Waals surface area contributed by atoms with Gasteiger partial charge in [0.05, 0.1) is 0 Å². The van der Waals surface area contributed by atoms with Crippen LogP contribution in [-0.4, -0.2) is 37.2 Å². The van der Waals surface area contributed by atoms with Crippen molar-refractivity contribution in [2.75, 3.05) is 13.2 Å². The number of hydrogen-bond donors (Lipinski definition) is 0. The second kappa shape index (κ2) is 52.2. The predicted molar refractivity (Wildman–Crippen MR) is 279 cm³/mol. The van der Waals surface area contributed by atoms with Crippen LogP contribution in [0.5, 0.6) is 0 Å².